The lowest BCUT2D eigenvalue weighted by molar-refractivity contribution is -0.141. The van der Waals surface area contributed by atoms with Crippen LogP contribution in [0.25, 0.3) is 0 Å². The Morgan fingerprint density at radius 1 is 0.881 bits per heavy atom. The van der Waals surface area contributed by atoms with Gasteiger partial charge in [0.2, 0.25) is 21.8 Å². The standard InChI is InChI=1S/C32H37Cl2N3O4S/c1-42(40,41)37(29-19-17-27(34)18-20-29)21-7-12-31(38)36(23-25-13-15-26(33)16-14-25)30(22-24-8-3-2-4-9-24)32(39)35-28-10-5-6-11-28/h2-4,8-9,13-20,28,30H,5-7,10-12,21-23H2,1H3,(H,35,39). The molecule has 1 saturated carbocycles. The fraction of sp³-hybridized carbons (Fsp3) is 0.375. The molecule has 42 heavy (non-hydrogen) atoms. The van der Waals surface area contributed by atoms with Crippen LogP contribution in [-0.4, -0.2) is 50.0 Å². The van der Waals surface area contributed by atoms with E-state index in [0.717, 1.165) is 43.1 Å². The monoisotopic (exact) mass is 629 g/mol. The van der Waals surface area contributed by atoms with Crippen LogP contribution in [-0.2, 0) is 32.6 Å². The number of anilines is 1. The Balaban J connectivity index is 1.57. The number of hydrogen-bond acceptors (Lipinski definition) is 4. The number of amides is 2. The molecule has 0 aliphatic heterocycles. The SMILES string of the molecule is CS(=O)(=O)N(CCCC(=O)N(Cc1ccc(Cl)cc1)C(Cc1ccccc1)C(=O)NC1CCCC1)c1ccc(Cl)cc1. The zero-order valence-electron chi connectivity index (χ0n) is 23.7. The quantitative estimate of drug-likeness (QED) is 0.242. The average Bonchev–Trinajstić information content (AvgIpc) is 3.47. The number of rotatable bonds is 13. The van der Waals surface area contributed by atoms with E-state index in [4.69, 9.17) is 23.2 Å². The smallest absolute Gasteiger partial charge is 0.243 e. The van der Waals surface area contributed by atoms with Gasteiger partial charge < -0.3 is 10.2 Å². The first-order valence-corrected chi connectivity index (χ1v) is 16.8. The van der Waals surface area contributed by atoms with Crippen molar-refractivity contribution in [2.75, 3.05) is 17.1 Å². The minimum absolute atomic E-state index is 0.0647. The molecule has 1 aliphatic carbocycles. The molecular weight excluding hydrogens is 593 g/mol. The Kier molecular flexibility index (Phi) is 11.3. The van der Waals surface area contributed by atoms with E-state index in [2.05, 4.69) is 5.32 Å². The molecule has 2 amide bonds. The molecule has 224 valence electrons. The number of benzene rings is 3. The minimum atomic E-state index is -3.60. The van der Waals surface area contributed by atoms with Crippen molar-refractivity contribution in [3.63, 3.8) is 0 Å². The lowest BCUT2D eigenvalue weighted by Gasteiger charge is -2.33. The highest BCUT2D eigenvalue weighted by molar-refractivity contribution is 7.92. The Morgan fingerprint density at radius 2 is 1.48 bits per heavy atom. The maximum absolute atomic E-state index is 13.9. The molecule has 1 unspecified atom stereocenters. The molecule has 7 nitrogen and oxygen atoms in total. The molecule has 3 aromatic rings. The second-order valence-electron chi connectivity index (χ2n) is 10.8. The van der Waals surface area contributed by atoms with Gasteiger partial charge in [-0.3, -0.25) is 13.9 Å². The van der Waals surface area contributed by atoms with Gasteiger partial charge in [0.05, 0.1) is 11.9 Å². The van der Waals surface area contributed by atoms with Crippen LogP contribution in [0.2, 0.25) is 10.0 Å². The van der Waals surface area contributed by atoms with Crippen LogP contribution < -0.4 is 9.62 Å². The van der Waals surface area contributed by atoms with Gasteiger partial charge >= 0.3 is 0 Å². The normalized spacial score (nSPS) is 14.4. The first kappa shape index (κ1) is 31.9. The molecule has 1 atom stereocenters. The highest BCUT2D eigenvalue weighted by Crippen LogP contribution is 2.23. The predicted molar refractivity (Wildman–Crippen MR) is 169 cm³/mol. The zero-order valence-corrected chi connectivity index (χ0v) is 26.0. The Hall–Kier alpha value is -3.07. The van der Waals surface area contributed by atoms with Gasteiger partial charge in [-0.1, -0.05) is 78.5 Å². The van der Waals surface area contributed by atoms with Gasteiger partial charge in [-0.2, -0.15) is 0 Å². The van der Waals surface area contributed by atoms with E-state index < -0.39 is 16.1 Å². The third kappa shape index (κ3) is 9.21. The maximum atomic E-state index is 13.9. The molecule has 0 saturated heterocycles. The summed E-state index contributed by atoms with van der Waals surface area (Å²) >= 11 is 12.1. The fourth-order valence-corrected chi connectivity index (χ4v) is 6.54. The van der Waals surface area contributed by atoms with Crippen LogP contribution in [0.1, 0.15) is 49.7 Å². The molecule has 0 bridgehead atoms. The first-order chi connectivity index (χ1) is 20.1. The predicted octanol–water partition coefficient (Wildman–Crippen LogP) is 6.24. The summed E-state index contributed by atoms with van der Waals surface area (Å²) in [5.41, 5.74) is 2.27. The molecule has 1 aliphatic rings. The highest BCUT2D eigenvalue weighted by Gasteiger charge is 2.32. The molecule has 4 rings (SSSR count). The van der Waals surface area contributed by atoms with Crippen molar-refractivity contribution in [3.05, 3.63) is 100 Å². The second-order valence-corrected chi connectivity index (χ2v) is 13.5. The lowest BCUT2D eigenvalue weighted by Crippen LogP contribution is -2.52. The number of sulfonamides is 1. The summed E-state index contributed by atoms with van der Waals surface area (Å²) < 4.78 is 26.5. The van der Waals surface area contributed by atoms with E-state index in [1.54, 1.807) is 41.3 Å². The number of carbonyl (C=O) groups excluding carboxylic acids is 2. The number of carbonyl (C=O) groups is 2. The molecule has 0 radical (unpaired) electrons. The van der Waals surface area contributed by atoms with E-state index in [1.165, 1.54) is 4.31 Å². The van der Waals surface area contributed by atoms with Crippen molar-refractivity contribution < 1.29 is 18.0 Å². The van der Waals surface area contributed by atoms with E-state index in [-0.39, 0.29) is 43.8 Å². The largest absolute Gasteiger partial charge is 0.352 e. The molecule has 0 spiro atoms. The summed E-state index contributed by atoms with van der Waals surface area (Å²) in [4.78, 5) is 29.4. The average molecular weight is 631 g/mol. The number of halogens is 2. The third-order valence-corrected chi connectivity index (χ3v) is 9.20. The van der Waals surface area contributed by atoms with Crippen LogP contribution in [0.15, 0.2) is 78.9 Å². The van der Waals surface area contributed by atoms with Crippen molar-refractivity contribution >= 4 is 50.7 Å². The molecule has 1 N–H and O–H groups in total. The van der Waals surface area contributed by atoms with Gasteiger partial charge in [-0.05, 0) is 66.8 Å². The third-order valence-electron chi connectivity index (χ3n) is 7.51. The van der Waals surface area contributed by atoms with Crippen molar-refractivity contribution in [2.24, 2.45) is 0 Å². The lowest BCUT2D eigenvalue weighted by atomic mass is 10.0. The molecule has 0 aromatic heterocycles. The van der Waals surface area contributed by atoms with Gasteiger partial charge in [0.1, 0.15) is 6.04 Å². The summed E-state index contributed by atoms with van der Waals surface area (Å²) in [5, 5.41) is 4.28. The Morgan fingerprint density at radius 3 is 2.07 bits per heavy atom. The van der Waals surface area contributed by atoms with Crippen LogP contribution >= 0.6 is 23.2 Å². The Labute approximate surface area is 258 Å². The second kappa shape index (κ2) is 14.9. The first-order valence-electron chi connectivity index (χ1n) is 14.2. The van der Waals surface area contributed by atoms with Crippen LogP contribution in [0.5, 0.6) is 0 Å². The summed E-state index contributed by atoms with van der Waals surface area (Å²) in [6.45, 7) is 0.331. The fourth-order valence-electron chi connectivity index (χ4n) is 5.32. The molecule has 1 fully saturated rings. The number of nitrogens with zero attached hydrogens (tertiary/aromatic N) is 2. The highest BCUT2D eigenvalue weighted by atomic mass is 35.5. The van der Waals surface area contributed by atoms with Crippen LogP contribution in [0.4, 0.5) is 5.69 Å². The van der Waals surface area contributed by atoms with Gasteiger partial charge in [0, 0.05) is 42.0 Å². The molecule has 10 heteroatoms. The van der Waals surface area contributed by atoms with Gasteiger partial charge in [-0.25, -0.2) is 8.42 Å². The number of nitrogens with one attached hydrogen (secondary N) is 1. The van der Waals surface area contributed by atoms with Crippen molar-refractivity contribution in [2.45, 2.75) is 63.6 Å². The molecule has 0 heterocycles. The van der Waals surface area contributed by atoms with Crippen LogP contribution in [0.3, 0.4) is 0 Å². The van der Waals surface area contributed by atoms with Crippen LogP contribution in [0, 0.1) is 0 Å². The van der Waals surface area contributed by atoms with Gasteiger partial charge in [0.15, 0.2) is 0 Å². The zero-order chi connectivity index (χ0) is 30.1. The summed E-state index contributed by atoms with van der Waals surface area (Å²) in [7, 11) is -3.60. The summed E-state index contributed by atoms with van der Waals surface area (Å²) in [6.07, 6.45) is 5.85. The van der Waals surface area contributed by atoms with Gasteiger partial charge in [0.25, 0.3) is 0 Å². The van der Waals surface area contributed by atoms with Crippen molar-refractivity contribution in [3.8, 4) is 0 Å². The summed E-state index contributed by atoms with van der Waals surface area (Å²) in [5.74, 6) is -0.399. The van der Waals surface area contributed by atoms with Crippen molar-refractivity contribution in [1.29, 1.82) is 0 Å². The van der Waals surface area contributed by atoms with E-state index in [0.29, 0.717) is 22.2 Å². The minimum Gasteiger partial charge on any atom is -0.352 e. The molecule has 3 aromatic carbocycles. The van der Waals surface area contributed by atoms with Crippen molar-refractivity contribution in [1.82, 2.24) is 10.2 Å². The number of hydrogen-bond donors (Lipinski definition) is 1. The summed E-state index contributed by atoms with van der Waals surface area (Å²) in [6, 6.07) is 22.8. The van der Waals surface area contributed by atoms with E-state index in [1.807, 2.05) is 42.5 Å². The van der Waals surface area contributed by atoms with E-state index >= 15 is 0 Å². The topological polar surface area (TPSA) is 86.8 Å². The van der Waals surface area contributed by atoms with E-state index in [9.17, 15) is 18.0 Å². The van der Waals surface area contributed by atoms with Gasteiger partial charge in [-0.15, -0.1) is 0 Å². The molecular formula is C32H37Cl2N3O4S. The Bertz CT molecular complexity index is 1430. The maximum Gasteiger partial charge on any atom is 0.243 e.